The maximum atomic E-state index is 13.2. The highest BCUT2D eigenvalue weighted by Crippen LogP contribution is 2.42. The van der Waals surface area contributed by atoms with Crippen LogP contribution in [0.3, 0.4) is 0 Å². The zero-order chi connectivity index (χ0) is 26.4. The Hall–Kier alpha value is -3.40. The van der Waals surface area contributed by atoms with E-state index in [2.05, 4.69) is 27.4 Å². The monoisotopic (exact) mass is 519 g/mol. The Bertz CT molecular complexity index is 1240. The predicted molar refractivity (Wildman–Crippen MR) is 148 cm³/mol. The molecule has 2 saturated carbocycles. The Kier molecular flexibility index (Phi) is 6.59. The number of nitrogens with one attached hydrogen (secondary N) is 2. The lowest BCUT2D eigenvalue weighted by Gasteiger charge is -2.43. The van der Waals surface area contributed by atoms with Crippen LogP contribution in [0.15, 0.2) is 18.3 Å². The molecule has 3 heterocycles. The molecule has 0 bridgehead atoms. The summed E-state index contributed by atoms with van der Waals surface area (Å²) in [6.07, 6.45) is 10.1. The normalized spacial score (nSPS) is 21.1. The molecule has 38 heavy (non-hydrogen) atoms. The van der Waals surface area contributed by atoms with Gasteiger partial charge in [-0.2, -0.15) is 4.98 Å². The highest BCUT2D eigenvalue weighted by Gasteiger charge is 2.41. The van der Waals surface area contributed by atoms with Gasteiger partial charge in [-0.3, -0.25) is 9.59 Å². The molecule has 4 aliphatic rings. The van der Waals surface area contributed by atoms with Gasteiger partial charge in [0.05, 0.1) is 31.2 Å². The fourth-order valence-electron chi connectivity index (χ4n) is 6.12. The first-order chi connectivity index (χ1) is 18.5. The molecule has 0 unspecified atom stereocenters. The molecule has 1 atom stereocenters. The van der Waals surface area contributed by atoms with Crippen LogP contribution in [0.25, 0.3) is 0 Å². The van der Waals surface area contributed by atoms with Crippen LogP contribution in [0.5, 0.6) is 5.75 Å². The number of benzene rings is 1. The molecule has 10 nitrogen and oxygen atoms in total. The van der Waals surface area contributed by atoms with Crippen molar-refractivity contribution in [2.45, 2.75) is 76.4 Å². The van der Waals surface area contributed by atoms with E-state index in [-0.39, 0.29) is 17.9 Å². The number of amides is 2. The second-order valence-corrected chi connectivity index (χ2v) is 10.8. The summed E-state index contributed by atoms with van der Waals surface area (Å²) in [5.74, 6) is 2.09. The minimum Gasteiger partial charge on any atom is -0.494 e. The van der Waals surface area contributed by atoms with Crippen molar-refractivity contribution in [3.63, 3.8) is 0 Å². The Morgan fingerprint density at radius 3 is 2.66 bits per heavy atom. The number of likely N-dealkylation sites (N-methyl/N-ethyl adjacent to an activating group) is 1. The molecule has 2 aliphatic carbocycles. The van der Waals surface area contributed by atoms with Crippen LogP contribution >= 0.6 is 0 Å². The number of ether oxygens (including phenoxy) is 1. The largest absolute Gasteiger partial charge is 0.494 e. The number of aromatic nitrogens is 2. The van der Waals surface area contributed by atoms with Crippen molar-refractivity contribution in [2.24, 2.45) is 0 Å². The van der Waals surface area contributed by atoms with Gasteiger partial charge in [-0.1, -0.05) is 19.8 Å². The van der Waals surface area contributed by atoms with E-state index < -0.39 is 0 Å². The standard InChI is InChI=1S/C28H37N7O3/c1-4-21-27(37)33(2)23-15-30-28(32-26(23)35(21)19-7-5-6-8-19)31-20-13-17-11-12-34(22(17)14-24(20)38-3)25(36)16-29-18-9-10-18/h13-15,18-19,21,29H,4-12,16H2,1-3H3,(H,30,31,32)/t21-/m1/s1. The third-order valence-electron chi connectivity index (χ3n) is 8.38. The smallest absolute Gasteiger partial charge is 0.249 e. The summed E-state index contributed by atoms with van der Waals surface area (Å²) < 4.78 is 5.72. The topological polar surface area (TPSA) is 103 Å². The molecule has 2 fully saturated rings. The van der Waals surface area contributed by atoms with Crippen LogP contribution in [0.1, 0.15) is 57.4 Å². The number of nitrogens with zero attached hydrogens (tertiary/aromatic N) is 5. The minimum atomic E-state index is -0.217. The average molecular weight is 520 g/mol. The van der Waals surface area contributed by atoms with Gasteiger partial charge in [-0.05, 0) is 50.2 Å². The van der Waals surface area contributed by atoms with Crippen LogP contribution in [-0.2, 0) is 16.0 Å². The summed E-state index contributed by atoms with van der Waals surface area (Å²) in [5, 5.41) is 6.69. The van der Waals surface area contributed by atoms with Gasteiger partial charge in [0.1, 0.15) is 17.5 Å². The van der Waals surface area contributed by atoms with Crippen molar-refractivity contribution < 1.29 is 14.3 Å². The van der Waals surface area contributed by atoms with E-state index in [4.69, 9.17) is 9.72 Å². The molecular weight excluding hydrogens is 482 g/mol. The van der Waals surface area contributed by atoms with E-state index >= 15 is 0 Å². The number of carbonyl (C=O) groups excluding carboxylic acids is 2. The molecule has 6 rings (SSSR count). The van der Waals surface area contributed by atoms with Crippen LogP contribution in [-0.4, -0.2) is 67.2 Å². The highest BCUT2D eigenvalue weighted by atomic mass is 16.5. The summed E-state index contributed by atoms with van der Waals surface area (Å²) in [6, 6.07) is 4.56. The van der Waals surface area contributed by atoms with Crippen molar-refractivity contribution in [2.75, 3.05) is 47.3 Å². The van der Waals surface area contributed by atoms with Crippen LogP contribution in [0, 0.1) is 0 Å². The van der Waals surface area contributed by atoms with E-state index in [1.165, 1.54) is 12.8 Å². The molecular formula is C28H37N7O3. The lowest BCUT2D eigenvalue weighted by Crippen LogP contribution is -2.55. The molecule has 0 spiro atoms. The molecule has 10 heteroatoms. The van der Waals surface area contributed by atoms with Crippen molar-refractivity contribution in [3.8, 4) is 5.75 Å². The van der Waals surface area contributed by atoms with E-state index in [9.17, 15) is 9.59 Å². The summed E-state index contributed by atoms with van der Waals surface area (Å²) in [6.45, 7) is 3.09. The van der Waals surface area contributed by atoms with E-state index in [0.717, 1.165) is 67.0 Å². The maximum Gasteiger partial charge on any atom is 0.249 e. The molecule has 2 amide bonds. The fourth-order valence-corrected chi connectivity index (χ4v) is 6.12. The zero-order valence-corrected chi connectivity index (χ0v) is 22.5. The second-order valence-electron chi connectivity index (χ2n) is 10.8. The summed E-state index contributed by atoms with van der Waals surface area (Å²) in [7, 11) is 3.44. The number of hydrogen-bond acceptors (Lipinski definition) is 8. The van der Waals surface area contributed by atoms with Gasteiger partial charge in [-0.25, -0.2) is 4.98 Å². The minimum absolute atomic E-state index is 0.0904. The number of carbonyl (C=O) groups is 2. The quantitative estimate of drug-likeness (QED) is 0.547. The number of fused-ring (bicyclic) bond motifs is 2. The first-order valence-electron chi connectivity index (χ1n) is 13.9. The Morgan fingerprint density at radius 1 is 1.16 bits per heavy atom. The third-order valence-corrected chi connectivity index (χ3v) is 8.38. The van der Waals surface area contributed by atoms with E-state index in [1.54, 1.807) is 18.2 Å². The molecule has 1 aromatic heterocycles. The van der Waals surface area contributed by atoms with Gasteiger partial charge in [0.25, 0.3) is 0 Å². The average Bonchev–Trinajstić information content (AvgIpc) is 3.42. The summed E-state index contributed by atoms with van der Waals surface area (Å²) in [5.41, 5.74) is 3.50. The third kappa shape index (κ3) is 4.44. The SMILES string of the molecule is CC[C@@H]1C(=O)N(C)c2cnc(Nc3cc4c(cc3OC)N(C(=O)CNC3CC3)CC4)nc2N1C1CCCC1. The number of anilines is 5. The first-order valence-corrected chi connectivity index (χ1v) is 13.9. The van der Waals surface area contributed by atoms with Gasteiger partial charge < -0.3 is 30.1 Å². The second kappa shape index (κ2) is 10.1. The van der Waals surface area contributed by atoms with E-state index in [0.29, 0.717) is 36.9 Å². The summed E-state index contributed by atoms with van der Waals surface area (Å²) >= 11 is 0. The number of hydrogen-bond donors (Lipinski definition) is 2. The summed E-state index contributed by atoms with van der Waals surface area (Å²) in [4.78, 5) is 41.3. The number of rotatable bonds is 8. The molecule has 202 valence electrons. The molecule has 0 radical (unpaired) electrons. The molecule has 2 N–H and O–H groups in total. The van der Waals surface area contributed by atoms with Crippen molar-refractivity contribution >= 4 is 40.6 Å². The lowest BCUT2D eigenvalue weighted by molar-refractivity contribution is -0.120. The maximum absolute atomic E-state index is 13.2. The van der Waals surface area contributed by atoms with Gasteiger partial charge in [0, 0.05) is 31.7 Å². The van der Waals surface area contributed by atoms with Gasteiger partial charge in [-0.15, -0.1) is 0 Å². The van der Waals surface area contributed by atoms with Crippen molar-refractivity contribution in [1.29, 1.82) is 0 Å². The Balaban J connectivity index is 1.29. The first kappa shape index (κ1) is 24.9. The number of methoxy groups -OCH3 is 1. The van der Waals surface area contributed by atoms with Gasteiger partial charge >= 0.3 is 0 Å². The van der Waals surface area contributed by atoms with Crippen LogP contribution in [0.4, 0.5) is 28.8 Å². The highest BCUT2D eigenvalue weighted by molar-refractivity contribution is 6.04. The van der Waals surface area contributed by atoms with Crippen LogP contribution in [0.2, 0.25) is 0 Å². The van der Waals surface area contributed by atoms with Gasteiger partial charge in [0.15, 0.2) is 5.82 Å². The predicted octanol–water partition coefficient (Wildman–Crippen LogP) is 3.37. The van der Waals surface area contributed by atoms with E-state index in [1.807, 2.05) is 24.1 Å². The molecule has 1 aromatic carbocycles. The fraction of sp³-hybridized carbons (Fsp3) is 0.571. The van der Waals surface area contributed by atoms with Gasteiger partial charge in [0.2, 0.25) is 17.8 Å². The Morgan fingerprint density at radius 2 is 1.95 bits per heavy atom. The van der Waals surface area contributed by atoms with Crippen molar-refractivity contribution in [1.82, 2.24) is 15.3 Å². The Labute approximate surface area is 223 Å². The van der Waals surface area contributed by atoms with Crippen molar-refractivity contribution in [3.05, 3.63) is 23.9 Å². The lowest BCUT2D eigenvalue weighted by atomic mass is 10.0. The molecule has 0 saturated heterocycles. The molecule has 2 aliphatic heterocycles. The zero-order valence-electron chi connectivity index (χ0n) is 22.5. The van der Waals surface area contributed by atoms with Crippen LogP contribution < -0.4 is 30.1 Å². The molecule has 2 aromatic rings.